The number of rotatable bonds is 5. The lowest BCUT2D eigenvalue weighted by Gasteiger charge is -2.57. The van der Waals surface area contributed by atoms with Crippen molar-refractivity contribution in [3.63, 3.8) is 0 Å². The first-order valence-corrected chi connectivity index (χ1v) is 15.8. The van der Waals surface area contributed by atoms with Crippen molar-refractivity contribution in [3.05, 3.63) is 95.1 Å². The molecule has 0 saturated heterocycles. The van der Waals surface area contributed by atoms with Crippen LogP contribution in [0.3, 0.4) is 0 Å². The maximum Gasteiger partial charge on any atom is 0.343 e. The molecule has 6 rings (SSSR count). The van der Waals surface area contributed by atoms with Gasteiger partial charge in [-0.15, -0.1) is 0 Å². The summed E-state index contributed by atoms with van der Waals surface area (Å²) in [6.07, 6.45) is 5.78. The van der Waals surface area contributed by atoms with Gasteiger partial charge in [-0.1, -0.05) is 38.1 Å². The van der Waals surface area contributed by atoms with E-state index in [0.29, 0.717) is 23.1 Å². The topological polar surface area (TPSA) is 113 Å². The third-order valence-corrected chi connectivity index (χ3v) is 11.1. The number of esters is 2. The van der Waals surface area contributed by atoms with E-state index in [1.165, 1.54) is 35.4 Å². The van der Waals surface area contributed by atoms with E-state index in [0.717, 1.165) is 38.5 Å². The molecule has 0 bridgehead atoms. The smallest absolute Gasteiger partial charge is 0.343 e. The second-order valence-corrected chi connectivity index (χ2v) is 13.9. The van der Waals surface area contributed by atoms with Crippen molar-refractivity contribution in [2.24, 2.45) is 21.9 Å². The molecular formula is C33H35NO6S. The molecule has 3 aromatic carbocycles. The van der Waals surface area contributed by atoms with E-state index in [4.69, 9.17) is 14.6 Å². The highest BCUT2D eigenvalue weighted by Crippen LogP contribution is 2.67. The standard InChI is InChI=1S/C33H35NO6S/c1-32-18-16-23-20-24(39-30(35)22-8-11-25(12-9-22)41(34,37)38)10-13-26(23)27(32)17-19-33(2)28(32)14-15-29(33)40-31(36)21-6-4-3-5-7-21/h3-13,20,27-29H,14-19H2,1-2H3,(H2,34,37,38)/t27-,28+,29+,32-,33+/m1/s1. The van der Waals surface area contributed by atoms with E-state index >= 15 is 0 Å². The Balaban J connectivity index is 1.18. The summed E-state index contributed by atoms with van der Waals surface area (Å²) in [5.41, 5.74) is 3.42. The fraction of sp³-hybridized carbons (Fsp3) is 0.394. The molecule has 0 spiro atoms. The van der Waals surface area contributed by atoms with Crippen molar-refractivity contribution >= 4 is 22.0 Å². The summed E-state index contributed by atoms with van der Waals surface area (Å²) in [4.78, 5) is 25.6. The molecule has 0 aromatic heterocycles. The number of benzene rings is 3. The predicted octanol–water partition coefficient (Wildman–Crippen LogP) is 6.03. The minimum Gasteiger partial charge on any atom is -0.458 e. The van der Waals surface area contributed by atoms with Crippen LogP contribution in [0.2, 0.25) is 0 Å². The first kappa shape index (κ1) is 27.7. The van der Waals surface area contributed by atoms with Crippen LogP contribution in [0.15, 0.2) is 77.7 Å². The molecule has 3 aliphatic carbocycles. The molecule has 2 saturated carbocycles. The largest absolute Gasteiger partial charge is 0.458 e. The maximum atomic E-state index is 12.9. The second kappa shape index (κ2) is 10.1. The van der Waals surface area contributed by atoms with Crippen molar-refractivity contribution in [2.45, 2.75) is 69.3 Å². The first-order chi connectivity index (χ1) is 19.5. The molecule has 7 nitrogen and oxygen atoms in total. The van der Waals surface area contributed by atoms with Crippen LogP contribution >= 0.6 is 0 Å². The van der Waals surface area contributed by atoms with Gasteiger partial charge in [0.25, 0.3) is 0 Å². The molecule has 2 N–H and O–H groups in total. The predicted molar refractivity (Wildman–Crippen MR) is 154 cm³/mol. The Morgan fingerprint density at radius 1 is 0.829 bits per heavy atom. The van der Waals surface area contributed by atoms with Crippen molar-refractivity contribution in [3.8, 4) is 5.75 Å². The Hall–Kier alpha value is -3.49. The van der Waals surface area contributed by atoms with Crippen LogP contribution < -0.4 is 9.88 Å². The van der Waals surface area contributed by atoms with Crippen LogP contribution in [0.1, 0.15) is 83.7 Å². The van der Waals surface area contributed by atoms with E-state index in [2.05, 4.69) is 19.9 Å². The van der Waals surface area contributed by atoms with Crippen LogP contribution in [-0.2, 0) is 21.2 Å². The number of nitrogens with two attached hydrogens (primary N) is 1. The molecule has 0 radical (unpaired) electrons. The zero-order valence-electron chi connectivity index (χ0n) is 23.3. The Kier molecular flexibility index (Phi) is 6.82. The van der Waals surface area contributed by atoms with Crippen molar-refractivity contribution in [1.82, 2.24) is 0 Å². The number of primary sulfonamides is 1. The number of carbonyl (C=O) groups is 2. The fourth-order valence-corrected chi connectivity index (χ4v) is 8.54. The van der Waals surface area contributed by atoms with Gasteiger partial charge in [0.15, 0.2) is 0 Å². The number of fused-ring (bicyclic) bond motifs is 5. The second-order valence-electron chi connectivity index (χ2n) is 12.3. The molecule has 41 heavy (non-hydrogen) atoms. The molecule has 3 aliphatic rings. The van der Waals surface area contributed by atoms with Gasteiger partial charge in [0.05, 0.1) is 16.0 Å². The zero-order valence-corrected chi connectivity index (χ0v) is 24.2. The summed E-state index contributed by atoms with van der Waals surface area (Å²) < 4.78 is 34.8. The van der Waals surface area contributed by atoms with Gasteiger partial charge in [0.2, 0.25) is 10.0 Å². The van der Waals surface area contributed by atoms with Gasteiger partial charge in [-0.05, 0) is 115 Å². The van der Waals surface area contributed by atoms with E-state index in [9.17, 15) is 18.0 Å². The normalized spacial score (nSPS) is 28.6. The number of aryl methyl sites for hydroxylation is 1. The summed E-state index contributed by atoms with van der Waals surface area (Å²) in [6, 6.07) is 20.6. The Morgan fingerprint density at radius 3 is 2.24 bits per heavy atom. The lowest BCUT2D eigenvalue weighted by atomic mass is 9.48. The van der Waals surface area contributed by atoms with E-state index in [-0.39, 0.29) is 33.4 Å². The maximum absolute atomic E-state index is 12.9. The van der Waals surface area contributed by atoms with Crippen molar-refractivity contribution in [1.29, 1.82) is 0 Å². The van der Waals surface area contributed by atoms with Gasteiger partial charge < -0.3 is 9.47 Å². The van der Waals surface area contributed by atoms with Gasteiger partial charge >= 0.3 is 11.9 Å². The highest BCUT2D eigenvalue weighted by molar-refractivity contribution is 7.89. The number of hydrogen-bond donors (Lipinski definition) is 1. The third kappa shape index (κ3) is 4.87. The molecule has 0 heterocycles. The van der Waals surface area contributed by atoms with Crippen LogP contribution in [0.4, 0.5) is 0 Å². The zero-order chi connectivity index (χ0) is 29.0. The molecule has 5 atom stereocenters. The summed E-state index contributed by atoms with van der Waals surface area (Å²) >= 11 is 0. The summed E-state index contributed by atoms with van der Waals surface area (Å²) in [5.74, 6) is 0.530. The van der Waals surface area contributed by atoms with Crippen molar-refractivity contribution < 1.29 is 27.5 Å². The minimum atomic E-state index is -3.83. The number of ether oxygens (including phenoxy) is 2. The average Bonchev–Trinajstić information content (AvgIpc) is 3.29. The van der Waals surface area contributed by atoms with E-state index in [1.54, 1.807) is 0 Å². The average molecular weight is 574 g/mol. The summed E-state index contributed by atoms with van der Waals surface area (Å²) in [5, 5.41) is 5.15. The van der Waals surface area contributed by atoms with Crippen LogP contribution in [-0.4, -0.2) is 26.5 Å². The molecule has 2 fully saturated rings. The highest BCUT2D eigenvalue weighted by Gasteiger charge is 2.61. The van der Waals surface area contributed by atoms with Gasteiger partial charge in [-0.25, -0.2) is 23.1 Å². The number of carbonyl (C=O) groups excluding carboxylic acids is 2. The molecule has 214 valence electrons. The molecule has 0 aliphatic heterocycles. The number of sulfonamides is 1. The van der Waals surface area contributed by atoms with Gasteiger partial charge in [0.1, 0.15) is 11.9 Å². The van der Waals surface area contributed by atoms with Crippen molar-refractivity contribution in [2.75, 3.05) is 0 Å². The first-order valence-electron chi connectivity index (χ1n) is 14.2. The quantitative estimate of drug-likeness (QED) is 0.295. The van der Waals surface area contributed by atoms with Gasteiger partial charge in [0, 0.05) is 5.41 Å². The van der Waals surface area contributed by atoms with Gasteiger partial charge in [-0.3, -0.25) is 0 Å². The highest BCUT2D eigenvalue weighted by atomic mass is 32.2. The van der Waals surface area contributed by atoms with Crippen LogP contribution in [0.25, 0.3) is 0 Å². The third-order valence-electron chi connectivity index (χ3n) is 10.1. The molecular weight excluding hydrogens is 538 g/mol. The molecule has 3 aromatic rings. The molecule has 8 heteroatoms. The van der Waals surface area contributed by atoms with Crippen LogP contribution in [0, 0.1) is 16.7 Å². The van der Waals surface area contributed by atoms with Gasteiger partial charge in [-0.2, -0.15) is 0 Å². The fourth-order valence-electron chi connectivity index (χ4n) is 8.02. The molecule has 0 amide bonds. The summed E-state index contributed by atoms with van der Waals surface area (Å²) in [6.45, 7) is 4.74. The van der Waals surface area contributed by atoms with Crippen LogP contribution in [0.5, 0.6) is 5.75 Å². The Bertz CT molecular complexity index is 1600. The van der Waals surface area contributed by atoms with E-state index in [1.807, 2.05) is 42.5 Å². The Labute approximate surface area is 241 Å². The lowest BCUT2D eigenvalue weighted by Crippen LogP contribution is -2.50. The lowest BCUT2D eigenvalue weighted by molar-refractivity contribution is -0.0751. The molecule has 0 unspecified atom stereocenters. The monoisotopic (exact) mass is 573 g/mol. The minimum absolute atomic E-state index is 0.0541. The van der Waals surface area contributed by atoms with E-state index < -0.39 is 16.0 Å². The SMILES string of the molecule is C[C@]12CC[C@@H]3c4ccc(OC(=O)c5ccc(S(N)(=O)=O)cc5)cc4CC[C@@]3(C)[C@@H]1CC[C@@H]2OC(=O)c1ccccc1. The summed E-state index contributed by atoms with van der Waals surface area (Å²) in [7, 11) is -3.83. The number of hydrogen-bond acceptors (Lipinski definition) is 6. The Morgan fingerprint density at radius 2 is 1.54 bits per heavy atom.